The highest BCUT2D eigenvalue weighted by molar-refractivity contribution is 6.28. The first kappa shape index (κ1) is 12.1. The summed E-state index contributed by atoms with van der Waals surface area (Å²) in [4.78, 5) is 0. The first-order valence-electron chi connectivity index (χ1n) is 2.06. The number of rotatable bonds is 1. The van der Waals surface area contributed by atoms with Gasteiger partial charge in [0, 0.05) is 0 Å². The summed E-state index contributed by atoms with van der Waals surface area (Å²) in [6, 6.07) is 0. The van der Waals surface area contributed by atoms with E-state index in [4.69, 9.17) is 0 Å². The van der Waals surface area contributed by atoms with Crippen LogP contribution in [0.5, 0.6) is 0 Å². The van der Waals surface area contributed by atoms with Gasteiger partial charge in [-0.2, -0.15) is 13.2 Å². The lowest BCUT2D eigenvalue weighted by molar-refractivity contribution is 0.339. The molecule has 0 spiro atoms. The molecule has 0 aliphatic carbocycles. The highest BCUT2D eigenvalue weighted by atomic mass is 35.5. The first-order valence-corrected chi connectivity index (χ1v) is 2.44. The van der Waals surface area contributed by atoms with E-state index in [1.54, 1.807) is 7.11 Å². The highest BCUT2D eigenvalue weighted by Crippen LogP contribution is 2.11. The van der Waals surface area contributed by atoms with Gasteiger partial charge in [0.15, 0.2) is 0 Å². The second kappa shape index (κ2) is 8.36. The second-order valence-corrected chi connectivity index (χ2v) is 1.26. The number of methoxy groups -OCH3 is 1. The van der Waals surface area contributed by atoms with Gasteiger partial charge in [-0.1, -0.05) is 6.58 Å². The molecule has 5 heteroatoms. The van der Waals surface area contributed by atoms with Crippen molar-refractivity contribution in [3.63, 3.8) is 0 Å². The van der Waals surface area contributed by atoms with Crippen molar-refractivity contribution in [2.45, 2.75) is 0 Å². The zero-order chi connectivity index (χ0) is 8.57. The molecular formula is C5H6ClF3O. The molecule has 0 heterocycles. The Labute approximate surface area is 61.7 Å². The fraction of sp³-hybridized carbons (Fsp3) is 0.200. The Balaban J connectivity index is 0. The van der Waals surface area contributed by atoms with Crippen LogP contribution in [0.4, 0.5) is 13.2 Å². The maximum Gasteiger partial charge on any atom is 0.317 e. The Morgan fingerprint density at radius 1 is 1.50 bits per heavy atom. The molecule has 0 rings (SSSR count). The lowest BCUT2D eigenvalue weighted by Crippen LogP contribution is -1.54. The van der Waals surface area contributed by atoms with Crippen LogP contribution in [0.15, 0.2) is 24.2 Å². The van der Waals surface area contributed by atoms with Crippen molar-refractivity contribution in [3.05, 3.63) is 24.2 Å². The molecule has 0 unspecified atom stereocenters. The van der Waals surface area contributed by atoms with Gasteiger partial charge in [0.2, 0.25) is 0 Å². The van der Waals surface area contributed by atoms with Crippen molar-refractivity contribution in [2.75, 3.05) is 7.11 Å². The lowest BCUT2D eigenvalue weighted by Gasteiger charge is -1.73. The molecule has 60 valence electrons. The smallest absolute Gasteiger partial charge is 0.317 e. The van der Waals surface area contributed by atoms with Gasteiger partial charge in [-0.3, -0.25) is 0 Å². The van der Waals surface area contributed by atoms with Crippen LogP contribution in [-0.4, -0.2) is 7.11 Å². The summed E-state index contributed by atoms with van der Waals surface area (Å²) < 4.78 is 36.1. The number of hydrogen-bond donors (Lipinski definition) is 0. The van der Waals surface area contributed by atoms with Crippen LogP contribution in [0.3, 0.4) is 0 Å². The Kier molecular flexibility index (Phi) is 10.1. The molecule has 1 nitrogen and oxygen atoms in total. The standard InChI is InChI=1S/C3H6O.C2ClF3/c1-3-4-2;3-1(4)2(5)6/h3H,1H2,2H3;. The predicted octanol–water partition coefficient (Wildman–Crippen LogP) is 3.04. The Morgan fingerprint density at radius 2 is 1.70 bits per heavy atom. The van der Waals surface area contributed by atoms with E-state index in [1.165, 1.54) is 6.26 Å². The summed E-state index contributed by atoms with van der Waals surface area (Å²) in [6.45, 7) is 3.26. The molecular weight excluding hydrogens is 169 g/mol. The normalized spacial score (nSPS) is 6.90. The van der Waals surface area contributed by atoms with E-state index in [-0.39, 0.29) is 0 Å². The first-order chi connectivity index (χ1) is 4.56. The SMILES string of the molecule is C=COC.FC(F)=C(F)Cl. The molecule has 10 heavy (non-hydrogen) atoms. The Morgan fingerprint density at radius 3 is 1.70 bits per heavy atom. The maximum atomic E-state index is 10.7. The van der Waals surface area contributed by atoms with Gasteiger partial charge in [0.1, 0.15) is 0 Å². The van der Waals surface area contributed by atoms with Gasteiger partial charge in [-0.25, -0.2) is 0 Å². The van der Waals surface area contributed by atoms with Crippen molar-refractivity contribution < 1.29 is 17.9 Å². The van der Waals surface area contributed by atoms with Gasteiger partial charge in [-0.15, -0.1) is 0 Å². The molecule has 0 atom stereocenters. The molecule has 0 saturated carbocycles. The minimum atomic E-state index is -2.48. The molecule has 0 bridgehead atoms. The molecule has 0 aromatic rings. The number of ether oxygens (including phenoxy) is 1. The van der Waals surface area contributed by atoms with Crippen molar-refractivity contribution in [1.29, 1.82) is 0 Å². The molecule has 0 aliphatic rings. The zero-order valence-corrected chi connectivity index (χ0v) is 5.96. The van der Waals surface area contributed by atoms with Crippen molar-refractivity contribution in [3.8, 4) is 0 Å². The van der Waals surface area contributed by atoms with Gasteiger partial charge in [0.05, 0.1) is 13.4 Å². The minimum Gasteiger partial charge on any atom is -0.505 e. The Hall–Kier alpha value is -0.640. The number of halogens is 4. The fourth-order valence-electron chi connectivity index (χ4n) is 0. The van der Waals surface area contributed by atoms with Gasteiger partial charge < -0.3 is 4.74 Å². The molecule has 0 amide bonds. The van der Waals surface area contributed by atoms with Gasteiger partial charge >= 0.3 is 6.08 Å². The summed E-state index contributed by atoms with van der Waals surface area (Å²) >= 11 is 4.08. The van der Waals surface area contributed by atoms with E-state index in [1.807, 2.05) is 0 Å². The molecule has 0 N–H and O–H groups in total. The summed E-state index contributed by atoms with van der Waals surface area (Å²) in [7, 11) is 1.56. The third kappa shape index (κ3) is 15.7. The monoisotopic (exact) mass is 174 g/mol. The summed E-state index contributed by atoms with van der Waals surface area (Å²) in [5.41, 5.74) is 0. The molecule has 0 aliphatic heterocycles. The van der Waals surface area contributed by atoms with Crippen LogP contribution in [0.2, 0.25) is 0 Å². The quantitative estimate of drug-likeness (QED) is 0.556. The molecule has 0 aromatic heterocycles. The average Bonchev–Trinajstić information content (AvgIpc) is 1.89. The number of hydrogen-bond acceptors (Lipinski definition) is 1. The zero-order valence-electron chi connectivity index (χ0n) is 5.20. The summed E-state index contributed by atoms with van der Waals surface area (Å²) in [5.74, 6) is 0. The van der Waals surface area contributed by atoms with Crippen molar-refractivity contribution in [2.24, 2.45) is 0 Å². The van der Waals surface area contributed by atoms with Crippen LogP contribution < -0.4 is 0 Å². The lowest BCUT2D eigenvalue weighted by atomic mass is 11.1. The van der Waals surface area contributed by atoms with Crippen LogP contribution in [0.1, 0.15) is 0 Å². The van der Waals surface area contributed by atoms with Crippen LogP contribution in [0.25, 0.3) is 0 Å². The van der Waals surface area contributed by atoms with Crippen LogP contribution in [-0.2, 0) is 4.74 Å². The summed E-state index contributed by atoms with van der Waals surface area (Å²) in [6.07, 6.45) is -1.10. The molecule has 0 aromatic carbocycles. The van der Waals surface area contributed by atoms with Crippen LogP contribution in [0, 0.1) is 0 Å². The van der Waals surface area contributed by atoms with Gasteiger partial charge in [0.25, 0.3) is 5.29 Å². The third-order valence-corrected chi connectivity index (χ3v) is 0.452. The largest absolute Gasteiger partial charge is 0.505 e. The van der Waals surface area contributed by atoms with E-state index in [0.717, 1.165) is 0 Å². The van der Waals surface area contributed by atoms with Crippen LogP contribution >= 0.6 is 11.6 Å². The van der Waals surface area contributed by atoms with E-state index in [9.17, 15) is 13.2 Å². The minimum absolute atomic E-state index is 1.38. The topological polar surface area (TPSA) is 9.23 Å². The molecule has 0 fully saturated rings. The summed E-state index contributed by atoms with van der Waals surface area (Å²) in [5, 5.41) is -1.94. The third-order valence-electron chi connectivity index (χ3n) is 0.310. The highest BCUT2D eigenvalue weighted by Gasteiger charge is 1.95. The fourth-order valence-corrected chi connectivity index (χ4v) is 0. The van der Waals surface area contributed by atoms with E-state index in [0.29, 0.717) is 0 Å². The molecule has 0 radical (unpaired) electrons. The Bertz CT molecular complexity index is 106. The van der Waals surface area contributed by atoms with E-state index in [2.05, 4.69) is 22.9 Å². The van der Waals surface area contributed by atoms with Crippen molar-refractivity contribution >= 4 is 11.6 Å². The average molecular weight is 175 g/mol. The van der Waals surface area contributed by atoms with E-state index < -0.39 is 11.4 Å². The van der Waals surface area contributed by atoms with Crippen molar-refractivity contribution in [1.82, 2.24) is 0 Å². The molecule has 0 saturated heterocycles. The predicted molar refractivity (Wildman–Crippen MR) is 33.4 cm³/mol. The maximum absolute atomic E-state index is 10.7. The second-order valence-electron chi connectivity index (χ2n) is 0.923. The van der Waals surface area contributed by atoms with Gasteiger partial charge in [-0.05, 0) is 11.6 Å². The van der Waals surface area contributed by atoms with E-state index >= 15 is 0 Å².